The molecule has 0 aliphatic carbocycles. The number of esters is 4. The Bertz CT molecular complexity index is 1430. The van der Waals surface area contributed by atoms with E-state index in [1.54, 1.807) is 0 Å². The van der Waals surface area contributed by atoms with Crippen molar-refractivity contribution in [2.45, 2.75) is 271 Å². The molecule has 2 unspecified atom stereocenters. The molecule has 3 N–H and O–H groups in total. The highest BCUT2D eigenvalue weighted by molar-refractivity contribution is 7.47. The fourth-order valence-electron chi connectivity index (χ4n) is 7.64. The summed E-state index contributed by atoms with van der Waals surface area (Å²) in [6, 6.07) is 0. The number of carbonyl (C=O) groups is 4. The van der Waals surface area contributed by atoms with Crippen LogP contribution in [0, 0.1) is 5.92 Å². The van der Waals surface area contributed by atoms with Gasteiger partial charge < -0.3 is 33.8 Å². The summed E-state index contributed by atoms with van der Waals surface area (Å²) >= 11 is 0. The first-order valence-corrected chi connectivity index (χ1v) is 31.1. The predicted octanol–water partition coefficient (Wildman–Crippen LogP) is 13.5. The Labute approximate surface area is 435 Å². The van der Waals surface area contributed by atoms with E-state index in [-0.39, 0.29) is 25.7 Å². The minimum atomic E-state index is -4.93. The Kier molecular flexibility index (Phi) is 46.2. The van der Waals surface area contributed by atoms with Gasteiger partial charge in [0.25, 0.3) is 0 Å². The monoisotopic (exact) mass is 1070 g/mol. The van der Waals surface area contributed by atoms with E-state index < -0.39 is 97.5 Å². The smallest absolute Gasteiger partial charge is 0.462 e. The third kappa shape index (κ3) is 47.8. The first-order valence-electron chi connectivity index (χ1n) is 28.1. The van der Waals surface area contributed by atoms with Crippen LogP contribution in [-0.4, -0.2) is 96.7 Å². The van der Waals surface area contributed by atoms with E-state index in [0.717, 1.165) is 115 Å². The van der Waals surface area contributed by atoms with Crippen molar-refractivity contribution in [3.8, 4) is 0 Å². The summed E-state index contributed by atoms with van der Waals surface area (Å²) in [5.41, 5.74) is 0. The zero-order valence-corrected chi connectivity index (χ0v) is 47.3. The fraction of sp³-hybridized carbons (Fsp3) is 0.925. The molecule has 19 heteroatoms. The topological polar surface area (TPSA) is 237 Å². The molecule has 5 atom stereocenters. The molecule has 0 radical (unpaired) electrons. The maximum Gasteiger partial charge on any atom is 0.472 e. The van der Waals surface area contributed by atoms with Crippen LogP contribution in [0.3, 0.4) is 0 Å². The van der Waals surface area contributed by atoms with E-state index in [4.69, 9.17) is 37.0 Å². The lowest BCUT2D eigenvalue weighted by Gasteiger charge is -2.21. The van der Waals surface area contributed by atoms with E-state index in [1.807, 2.05) is 0 Å². The van der Waals surface area contributed by atoms with Crippen molar-refractivity contribution < 1.29 is 80.2 Å². The summed E-state index contributed by atoms with van der Waals surface area (Å²) < 4.78 is 67.2. The summed E-state index contributed by atoms with van der Waals surface area (Å²) in [7, 11) is -9.85. The largest absolute Gasteiger partial charge is 0.472 e. The Hall–Kier alpha value is -1.94. The lowest BCUT2D eigenvalue weighted by atomic mass is 10.0. The molecule has 0 aromatic rings. The number of aliphatic hydroxyl groups excluding tert-OH is 1. The molecule has 0 heterocycles. The summed E-state index contributed by atoms with van der Waals surface area (Å²) in [4.78, 5) is 71.2. The van der Waals surface area contributed by atoms with Crippen LogP contribution in [0.4, 0.5) is 0 Å². The lowest BCUT2D eigenvalue weighted by Crippen LogP contribution is -2.30. The molecule has 0 saturated heterocycles. The van der Waals surface area contributed by atoms with Crippen LogP contribution in [0.5, 0.6) is 0 Å². The Morgan fingerprint density at radius 3 is 0.944 bits per heavy atom. The second kappa shape index (κ2) is 47.5. The van der Waals surface area contributed by atoms with Crippen LogP contribution in [0.25, 0.3) is 0 Å². The van der Waals surface area contributed by atoms with Gasteiger partial charge in [0.1, 0.15) is 19.3 Å². The lowest BCUT2D eigenvalue weighted by molar-refractivity contribution is -0.161. The van der Waals surface area contributed by atoms with E-state index in [0.29, 0.717) is 25.7 Å². The maximum atomic E-state index is 12.9. The predicted molar refractivity (Wildman–Crippen MR) is 280 cm³/mol. The molecule has 0 aromatic carbocycles. The van der Waals surface area contributed by atoms with Gasteiger partial charge in [-0.3, -0.25) is 37.3 Å². The number of unbranched alkanes of at least 4 members (excludes halogenated alkanes) is 25. The van der Waals surface area contributed by atoms with Crippen molar-refractivity contribution in [2.24, 2.45) is 5.92 Å². The number of rotatable bonds is 53. The number of phosphoric acid groups is 2. The van der Waals surface area contributed by atoms with Gasteiger partial charge in [-0.05, 0) is 31.6 Å². The van der Waals surface area contributed by atoms with Crippen molar-refractivity contribution in [2.75, 3.05) is 39.6 Å². The van der Waals surface area contributed by atoms with Crippen molar-refractivity contribution >= 4 is 39.5 Å². The number of carbonyl (C=O) groups excluding carboxylic acids is 4. The van der Waals surface area contributed by atoms with E-state index in [9.17, 15) is 43.2 Å². The average molecular weight is 1070 g/mol. The molecule has 17 nitrogen and oxygen atoms in total. The third-order valence-electron chi connectivity index (χ3n) is 12.0. The van der Waals surface area contributed by atoms with Gasteiger partial charge in [0.05, 0.1) is 26.4 Å². The van der Waals surface area contributed by atoms with Crippen LogP contribution in [0.15, 0.2) is 0 Å². The number of hydrogen-bond donors (Lipinski definition) is 3. The number of hydrogen-bond acceptors (Lipinski definition) is 15. The maximum absolute atomic E-state index is 12.9. The summed E-state index contributed by atoms with van der Waals surface area (Å²) in [5, 5.41) is 10.4. The highest BCUT2D eigenvalue weighted by atomic mass is 31.2. The average Bonchev–Trinajstić information content (AvgIpc) is 3.34. The fourth-order valence-corrected chi connectivity index (χ4v) is 9.22. The van der Waals surface area contributed by atoms with Gasteiger partial charge in [-0.1, -0.05) is 202 Å². The van der Waals surface area contributed by atoms with Gasteiger partial charge in [0.2, 0.25) is 0 Å². The third-order valence-corrected chi connectivity index (χ3v) is 13.9. The SMILES string of the molecule is CCCCCCCCCCCC(=O)OC[C@H](COP(=O)(O)OC[C@@H](O)COP(=O)(O)OC[C@@H](COC(=O)CCCCCCC)OC(=O)CCCCCCCCC)OC(=O)CCCCCCCCCCC(C)C. The zero-order valence-electron chi connectivity index (χ0n) is 45.5. The minimum Gasteiger partial charge on any atom is -0.462 e. The van der Waals surface area contributed by atoms with Gasteiger partial charge in [-0.15, -0.1) is 0 Å². The molecular weight excluding hydrogens is 971 g/mol. The number of phosphoric ester groups is 2. The minimum absolute atomic E-state index is 0.103. The second-order valence-electron chi connectivity index (χ2n) is 19.7. The molecule has 0 saturated carbocycles. The van der Waals surface area contributed by atoms with Gasteiger partial charge in [0.15, 0.2) is 12.2 Å². The molecule has 0 bridgehead atoms. The molecule has 426 valence electrons. The van der Waals surface area contributed by atoms with Crippen LogP contribution in [0.2, 0.25) is 0 Å². The van der Waals surface area contributed by atoms with E-state index in [2.05, 4.69) is 34.6 Å². The van der Waals surface area contributed by atoms with Crippen LogP contribution >= 0.6 is 15.6 Å². The summed E-state index contributed by atoms with van der Waals surface area (Å²) in [6.07, 6.45) is 27.1. The number of ether oxygens (including phenoxy) is 4. The van der Waals surface area contributed by atoms with E-state index >= 15 is 0 Å². The number of aliphatic hydroxyl groups is 1. The molecule has 0 rings (SSSR count). The molecule has 0 spiro atoms. The molecule has 0 fully saturated rings. The highest BCUT2D eigenvalue weighted by Crippen LogP contribution is 2.45. The first kappa shape index (κ1) is 70.1. The van der Waals surface area contributed by atoms with Gasteiger partial charge in [0, 0.05) is 25.7 Å². The van der Waals surface area contributed by atoms with Crippen LogP contribution in [-0.2, 0) is 65.4 Å². The summed E-state index contributed by atoms with van der Waals surface area (Å²) in [6.45, 7) is 6.91. The Balaban J connectivity index is 5.18. The van der Waals surface area contributed by atoms with E-state index in [1.165, 1.54) is 57.8 Å². The Morgan fingerprint density at radius 2 is 0.639 bits per heavy atom. The molecule has 72 heavy (non-hydrogen) atoms. The zero-order chi connectivity index (χ0) is 53.6. The standard InChI is InChI=1S/C53H102O17P2/c1-6-9-12-15-17-18-23-27-32-37-51(56)64-43-49(70-53(58)39-34-29-24-20-19-22-26-30-35-46(4)5)45-68-72(61,62)66-41-47(54)40-65-71(59,60)67-44-48(42-63-50(55)36-31-25-14-11-8-3)69-52(57)38-33-28-21-16-13-10-7-2/h46-49,54H,6-45H2,1-5H3,(H,59,60)(H,61,62)/t47-,48+,49+/m0/s1. The van der Waals surface area contributed by atoms with Crippen LogP contribution in [0.1, 0.15) is 253 Å². The van der Waals surface area contributed by atoms with Gasteiger partial charge in [-0.2, -0.15) is 0 Å². The quantitative estimate of drug-likeness (QED) is 0.0222. The van der Waals surface area contributed by atoms with Crippen molar-refractivity contribution in [1.82, 2.24) is 0 Å². The normalized spacial score (nSPS) is 14.6. The molecule has 0 amide bonds. The van der Waals surface area contributed by atoms with Crippen LogP contribution < -0.4 is 0 Å². The first-order chi connectivity index (χ1) is 34.5. The molecular formula is C53H102O17P2. The van der Waals surface area contributed by atoms with Gasteiger partial charge in [-0.25, -0.2) is 9.13 Å². The second-order valence-corrected chi connectivity index (χ2v) is 22.6. The van der Waals surface area contributed by atoms with Crippen molar-refractivity contribution in [3.63, 3.8) is 0 Å². The molecule has 0 aliphatic rings. The molecule has 0 aliphatic heterocycles. The van der Waals surface area contributed by atoms with Crippen molar-refractivity contribution in [3.05, 3.63) is 0 Å². The molecule has 0 aromatic heterocycles. The van der Waals surface area contributed by atoms with Gasteiger partial charge >= 0.3 is 39.5 Å². The summed E-state index contributed by atoms with van der Waals surface area (Å²) in [5.74, 6) is -1.45. The van der Waals surface area contributed by atoms with Crippen molar-refractivity contribution in [1.29, 1.82) is 0 Å². The Morgan fingerprint density at radius 1 is 0.375 bits per heavy atom. The highest BCUT2D eigenvalue weighted by Gasteiger charge is 2.30.